The number of alkyl halides is 1. The maximum Gasteiger partial charge on any atom is 0.175 e. The van der Waals surface area contributed by atoms with Gasteiger partial charge < -0.3 is 15.0 Å². The predicted octanol–water partition coefficient (Wildman–Crippen LogP) is 4.66. The van der Waals surface area contributed by atoms with E-state index in [1.165, 1.54) is 4.90 Å². The monoisotopic (exact) mass is 421 g/mol. The number of quaternary nitrogens is 1. The van der Waals surface area contributed by atoms with Crippen molar-refractivity contribution in [3.63, 3.8) is 0 Å². The second-order valence-electron chi connectivity index (χ2n) is 6.50. The molecule has 5 heteroatoms. The fraction of sp³-hybridized carbons (Fsp3) is 0.400. The van der Waals surface area contributed by atoms with E-state index < -0.39 is 4.87 Å². The molecule has 1 aliphatic rings. The first kappa shape index (κ1) is 18.8. The molecule has 25 heavy (non-hydrogen) atoms. The number of halogens is 1. The Balaban J connectivity index is 1.93. The molecule has 1 N–H and O–H groups in total. The van der Waals surface area contributed by atoms with Gasteiger partial charge in [0.25, 0.3) is 0 Å². The Kier molecular flexibility index (Phi) is 6.10. The van der Waals surface area contributed by atoms with Crippen LogP contribution in [0.4, 0.5) is 0 Å². The molecule has 3 atom stereocenters. The number of hydroxylamine groups is 2. The minimum absolute atomic E-state index is 0.107. The van der Waals surface area contributed by atoms with Crippen LogP contribution in [0.15, 0.2) is 53.4 Å². The summed E-state index contributed by atoms with van der Waals surface area (Å²) < 4.78 is 6.04. The summed E-state index contributed by atoms with van der Waals surface area (Å²) in [5, 5.41) is 14.5. The molecule has 2 aromatic rings. The van der Waals surface area contributed by atoms with Crippen molar-refractivity contribution in [3.05, 3.63) is 64.9 Å². The van der Waals surface area contributed by atoms with Crippen LogP contribution >= 0.6 is 27.7 Å². The first-order chi connectivity index (χ1) is 12.1. The summed E-state index contributed by atoms with van der Waals surface area (Å²) in [5.74, 6) is 0.826. The van der Waals surface area contributed by atoms with Crippen LogP contribution in [0.25, 0.3) is 0 Å². The van der Waals surface area contributed by atoms with E-state index in [4.69, 9.17) is 4.74 Å². The SMILES string of the molecule is CC1c2ccccc2SC(C)(c2ccccc2OCCCCBr)[NH+]1[O-]. The Morgan fingerprint density at radius 1 is 1.16 bits per heavy atom. The summed E-state index contributed by atoms with van der Waals surface area (Å²) in [6, 6.07) is 16.1. The molecule has 0 amide bonds. The van der Waals surface area contributed by atoms with Gasteiger partial charge in [0.1, 0.15) is 11.8 Å². The van der Waals surface area contributed by atoms with Gasteiger partial charge in [0.2, 0.25) is 0 Å². The van der Waals surface area contributed by atoms with E-state index in [0.29, 0.717) is 6.61 Å². The van der Waals surface area contributed by atoms with Crippen molar-refractivity contribution in [2.45, 2.75) is 42.5 Å². The number of ether oxygens (including phenoxy) is 1. The van der Waals surface area contributed by atoms with E-state index in [9.17, 15) is 5.21 Å². The van der Waals surface area contributed by atoms with Crippen molar-refractivity contribution in [1.29, 1.82) is 0 Å². The Morgan fingerprint density at radius 3 is 2.68 bits per heavy atom. The molecule has 0 aromatic heterocycles. The van der Waals surface area contributed by atoms with E-state index in [2.05, 4.69) is 28.1 Å². The van der Waals surface area contributed by atoms with Gasteiger partial charge in [-0.25, -0.2) is 0 Å². The van der Waals surface area contributed by atoms with Gasteiger partial charge in [-0.15, -0.1) is 0 Å². The summed E-state index contributed by atoms with van der Waals surface area (Å²) in [4.78, 5) is 0.561. The molecule has 3 unspecified atom stereocenters. The van der Waals surface area contributed by atoms with Crippen molar-refractivity contribution < 1.29 is 9.80 Å². The minimum atomic E-state index is -0.625. The van der Waals surface area contributed by atoms with Crippen LogP contribution in [0.2, 0.25) is 0 Å². The largest absolute Gasteiger partial charge is 0.633 e. The molecule has 3 nitrogen and oxygen atoms in total. The summed E-state index contributed by atoms with van der Waals surface area (Å²) in [6.07, 6.45) is 2.08. The summed E-state index contributed by atoms with van der Waals surface area (Å²) in [5.41, 5.74) is 2.11. The number of unbranched alkanes of at least 4 members (excludes halogenated alkanes) is 1. The highest BCUT2D eigenvalue weighted by Crippen LogP contribution is 2.46. The molecule has 1 aliphatic heterocycles. The van der Waals surface area contributed by atoms with Gasteiger partial charge in [-0.2, -0.15) is 0 Å². The Morgan fingerprint density at radius 2 is 1.88 bits per heavy atom. The number of thioether (sulfide) groups is 1. The lowest BCUT2D eigenvalue weighted by Gasteiger charge is -2.48. The Hall–Kier alpha value is -1.01. The number of para-hydroxylation sites is 1. The van der Waals surface area contributed by atoms with Crippen LogP contribution < -0.4 is 9.80 Å². The van der Waals surface area contributed by atoms with E-state index in [0.717, 1.165) is 35.0 Å². The fourth-order valence-corrected chi connectivity index (χ4v) is 5.21. The van der Waals surface area contributed by atoms with Crippen molar-refractivity contribution in [1.82, 2.24) is 0 Å². The Labute approximate surface area is 162 Å². The van der Waals surface area contributed by atoms with E-state index in [-0.39, 0.29) is 11.1 Å². The van der Waals surface area contributed by atoms with Crippen LogP contribution in [-0.4, -0.2) is 11.9 Å². The summed E-state index contributed by atoms with van der Waals surface area (Å²) in [6.45, 7) is 4.72. The lowest BCUT2D eigenvalue weighted by atomic mass is 10.0. The maximum absolute atomic E-state index is 13.3. The predicted molar refractivity (Wildman–Crippen MR) is 107 cm³/mol. The lowest BCUT2D eigenvalue weighted by molar-refractivity contribution is -0.923. The van der Waals surface area contributed by atoms with Gasteiger partial charge in [-0.05, 0) is 38.0 Å². The lowest BCUT2D eigenvalue weighted by Crippen LogP contribution is -3.14. The minimum Gasteiger partial charge on any atom is -0.633 e. The average molecular weight is 422 g/mol. The fourth-order valence-electron chi connectivity index (χ4n) is 3.31. The molecule has 0 bridgehead atoms. The quantitative estimate of drug-likeness (QED) is 0.418. The van der Waals surface area contributed by atoms with Crippen molar-refractivity contribution >= 4 is 27.7 Å². The number of hydrogen-bond acceptors (Lipinski definition) is 3. The molecular weight excluding hydrogens is 398 g/mol. The smallest absolute Gasteiger partial charge is 0.175 e. The van der Waals surface area contributed by atoms with Gasteiger partial charge in [0.15, 0.2) is 4.87 Å². The van der Waals surface area contributed by atoms with E-state index in [1.54, 1.807) is 11.8 Å². The highest BCUT2D eigenvalue weighted by atomic mass is 79.9. The zero-order valence-electron chi connectivity index (χ0n) is 14.6. The average Bonchev–Trinajstić information content (AvgIpc) is 2.64. The third kappa shape index (κ3) is 3.75. The zero-order chi connectivity index (χ0) is 17.9. The van der Waals surface area contributed by atoms with Crippen molar-refractivity contribution in [3.8, 4) is 5.75 Å². The molecule has 0 saturated carbocycles. The summed E-state index contributed by atoms with van der Waals surface area (Å²) >= 11 is 5.09. The number of fused-ring (bicyclic) bond motifs is 1. The van der Waals surface area contributed by atoms with Crippen LogP contribution in [0.1, 0.15) is 43.9 Å². The third-order valence-electron chi connectivity index (χ3n) is 4.75. The highest BCUT2D eigenvalue weighted by molar-refractivity contribution is 9.09. The van der Waals surface area contributed by atoms with Crippen LogP contribution in [0.5, 0.6) is 5.75 Å². The standard InChI is InChI=1S/C20H24BrNO2S/c1-15-16-9-3-6-12-19(16)25-20(2,22(15)23)17-10-4-5-11-18(17)24-14-8-7-13-21/h3-6,9-12,15,22H,7-8,13-14H2,1-2H3. The second-order valence-corrected chi connectivity index (χ2v) is 8.75. The highest BCUT2D eigenvalue weighted by Gasteiger charge is 2.44. The maximum atomic E-state index is 13.3. The van der Waals surface area contributed by atoms with E-state index >= 15 is 0 Å². The molecule has 0 spiro atoms. The zero-order valence-corrected chi connectivity index (χ0v) is 17.0. The van der Waals surface area contributed by atoms with Crippen LogP contribution in [0.3, 0.4) is 0 Å². The topological polar surface area (TPSA) is 36.7 Å². The number of benzene rings is 2. The number of rotatable bonds is 6. The van der Waals surface area contributed by atoms with Gasteiger partial charge in [0.05, 0.1) is 12.2 Å². The molecule has 2 aromatic carbocycles. The first-order valence-corrected chi connectivity index (χ1v) is 10.6. The molecule has 3 rings (SSSR count). The molecular formula is C20H24BrNO2S. The molecule has 1 heterocycles. The molecule has 0 aliphatic carbocycles. The molecule has 0 radical (unpaired) electrons. The normalized spacial score (nSPS) is 25.4. The molecule has 0 fully saturated rings. The first-order valence-electron chi connectivity index (χ1n) is 8.68. The number of nitrogens with one attached hydrogen (secondary N) is 1. The van der Waals surface area contributed by atoms with Crippen LogP contribution in [-0.2, 0) is 4.87 Å². The van der Waals surface area contributed by atoms with Crippen LogP contribution in [0, 0.1) is 5.21 Å². The van der Waals surface area contributed by atoms with Gasteiger partial charge >= 0.3 is 0 Å². The summed E-state index contributed by atoms with van der Waals surface area (Å²) in [7, 11) is 0. The molecule has 134 valence electrons. The van der Waals surface area contributed by atoms with Gasteiger partial charge in [0, 0.05) is 22.7 Å². The van der Waals surface area contributed by atoms with E-state index in [1.807, 2.05) is 50.2 Å². The van der Waals surface area contributed by atoms with Gasteiger partial charge in [-0.1, -0.05) is 58.0 Å². The Bertz CT molecular complexity index is 726. The molecule has 0 saturated heterocycles. The van der Waals surface area contributed by atoms with Gasteiger partial charge in [-0.3, -0.25) is 0 Å². The third-order valence-corrected chi connectivity index (χ3v) is 6.73. The van der Waals surface area contributed by atoms with Crippen molar-refractivity contribution in [2.24, 2.45) is 0 Å². The second kappa shape index (κ2) is 8.12. The van der Waals surface area contributed by atoms with Crippen molar-refractivity contribution in [2.75, 3.05) is 11.9 Å². The number of hydrogen-bond donors (Lipinski definition) is 1.